The quantitative estimate of drug-likeness (QED) is 0.748. The maximum Gasteiger partial charge on any atom is 0.308 e. The van der Waals surface area contributed by atoms with Crippen LogP contribution in [-0.4, -0.2) is 37.0 Å². The monoisotopic (exact) mass is 292 g/mol. The van der Waals surface area contributed by atoms with Gasteiger partial charge in [0.05, 0.1) is 37.4 Å². The topological polar surface area (TPSA) is 44.8 Å². The SMILES string of the molecule is CCOC(=O)C[C@H]1O[C@@H]2CC[C@@H]3OC4C5CCC(C41)C2C53. The first-order chi connectivity index (χ1) is 10.3. The van der Waals surface area contributed by atoms with Crippen LogP contribution in [-0.2, 0) is 19.0 Å². The Hall–Kier alpha value is -0.610. The van der Waals surface area contributed by atoms with Crippen molar-refractivity contribution in [3.63, 3.8) is 0 Å². The summed E-state index contributed by atoms with van der Waals surface area (Å²) in [6.45, 7) is 2.32. The number of esters is 1. The van der Waals surface area contributed by atoms with Gasteiger partial charge in [0.2, 0.25) is 0 Å². The van der Waals surface area contributed by atoms with E-state index in [1.807, 2.05) is 6.92 Å². The average Bonchev–Trinajstić information content (AvgIpc) is 2.87. The number of carbonyl (C=O) groups is 1. The summed E-state index contributed by atoms with van der Waals surface area (Å²) in [5.41, 5.74) is 0. The molecule has 6 aliphatic rings. The third-order valence-corrected chi connectivity index (χ3v) is 6.94. The molecule has 21 heavy (non-hydrogen) atoms. The summed E-state index contributed by atoms with van der Waals surface area (Å²) in [7, 11) is 0. The van der Waals surface area contributed by atoms with E-state index in [0.29, 0.717) is 43.2 Å². The first kappa shape index (κ1) is 12.9. The van der Waals surface area contributed by atoms with Crippen LogP contribution in [0.4, 0.5) is 0 Å². The van der Waals surface area contributed by atoms with E-state index in [0.717, 1.165) is 30.6 Å². The first-order valence-corrected chi connectivity index (χ1v) is 8.74. The van der Waals surface area contributed by atoms with Gasteiger partial charge in [0.1, 0.15) is 0 Å². The maximum atomic E-state index is 11.9. The van der Waals surface area contributed by atoms with E-state index in [1.54, 1.807) is 0 Å². The molecule has 0 aromatic rings. The highest BCUT2D eigenvalue weighted by Gasteiger charge is 2.68. The molecule has 6 unspecified atom stereocenters. The van der Waals surface area contributed by atoms with Crippen LogP contribution in [0.2, 0.25) is 0 Å². The lowest BCUT2D eigenvalue weighted by Crippen LogP contribution is -2.63. The number of ether oxygens (including phenoxy) is 3. The summed E-state index contributed by atoms with van der Waals surface area (Å²) in [6, 6.07) is 0. The number of hydrogen-bond acceptors (Lipinski definition) is 4. The number of hydrogen-bond donors (Lipinski definition) is 0. The molecule has 0 aromatic heterocycles. The van der Waals surface area contributed by atoms with Crippen molar-refractivity contribution in [2.24, 2.45) is 29.6 Å². The highest BCUT2D eigenvalue weighted by Crippen LogP contribution is 2.66. The Morgan fingerprint density at radius 2 is 1.71 bits per heavy atom. The molecule has 0 spiro atoms. The second-order valence-electron chi connectivity index (χ2n) is 7.58. The second kappa shape index (κ2) is 4.45. The molecule has 4 aliphatic carbocycles. The summed E-state index contributed by atoms with van der Waals surface area (Å²) < 4.78 is 18.0. The Morgan fingerprint density at radius 1 is 1.00 bits per heavy atom. The van der Waals surface area contributed by atoms with Gasteiger partial charge < -0.3 is 14.2 Å². The zero-order chi connectivity index (χ0) is 14.1. The lowest BCUT2D eigenvalue weighted by molar-refractivity contribution is -0.227. The minimum absolute atomic E-state index is 0.0286. The van der Waals surface area contributed by atoms with Crippen LogP contribution in [0.1, 0.15) is 39.0 Å². The van der Waals surface area contributed by atoms with Crippen LogP contribution >= 0.6 is 0 Å². The zero-order valence-electron chi connectivity index (χ0n) is 12.6. The summed E-state index contributed by atoms with van der Waals surface area (Å²) in [5.74, 6) is 3.28. The summed E-state index contributed by atoms with van der Waals surface area (Å²) in [4.78, 5) is 11.9. The molecule has 2 aliphatic heterocycles. The van der Waals surface area contributed by atoms with Gasteiger partial charge >= 0.3 is 5.97 Å². The van der Waals surface area contributed by atoms with Crippen molar-refractivity contribution in [3.8, 4) is 0 Å². The van der Waals surface area contributed by atoms with Gasteiger partial charge in [0.15, 0.2) is 0 Å². The van der Waals surface area contributed by atoms with Gasteiger partial charge in [-0.05, 0) is 56.3 Å². The van der Waals surface area contributed by atoms with Gasteiger partial charge in [0, 0.05) is 5.92 Å². The van der Waals surface area contributed by atoms with Crippen molar-refractivity contribution < 1.29 is 19.0 Å². The van der Waals surface area contributed by atoms with E-state index >= 15 is 0 Å². The van der Waals surface area contributed by atoms with Crippen LogP contribution < -0.4 is 0 Å². The molecule has 6 fully saturated rings. The summed E-state index contributed by atoms with van der Waals surface area (Å²) >= 11 is 0. The number of fused-ring (bicyclic) bond motifs is 1. The largest absolute Gasteiger partial charge is 0.466 e. The minimum atomic E-state index is -0.105. The van der Waals surface area contributed by atoms with E-state index < -0.39 is 0 Å². The fourth-order valence-corrected chi connectivity index (χ4v) is 6.54. The molecule has 9 atom stereocenters. The predicted molar refractivity (Wildman–Crippen MR) is 74.5 cm³/mol. The lowest BCUT2D eigenvalue weighted by Gasteiger charge is -2.60. The van der Waals surface area contributed by atoms with Crippen molar-refractivity contribution in [1.82, 2.24) is 0 Å². The van der Waals surface area contributed by atoms with Crippen LogP contribution in [0, 0.1) is 29.6 Å². The third kappa shape index (κ3) is 1.61. The molecule has 6 rings (SSSR count). The molecule has 0 radical (unpaired) electrons. The van der Waals surface area contributed by atoms with Gasteiger partial charge in [-0.3, -0.25) is 4.79 Å². The number of carbonyl (C=O) groups excluding carboxylic acids is 1. The van der Waals surface area contributed by atoms with Gasteiger partial charge in [-0.1, -0.05) is 0 Å². The van der Waals surface area contributed by atoms with Crippen molar-refractivity contribution in [3.05, 3.63) is 0 Å². The van der Waals surface area contributed by atoms with Crippen molar-refractivity contribution in [1.29, 1.82) is 0 Å². The minimum Gasteiger partial charge on any atom is -0.466 e. The molecular formula is C17H24O4. The van der Waals surface area contributed by atoms with E-state index in [9.17, 15) is 4.79 Å². The molecule has 2 saturated heterocycles. The molecule has 4 saturated carbocycles. The molecule has 0 aromatic carbocycles. The fraction of sp³-hybridized carbons (Fsp3) is 0.941. The van der Waals surface area contributed by atoms with E-state index in [1.165, 1.54) is 12.8 Å². The molecule has 2 heterocycles. The second-order valence-corrected chi connectivity index (χ2v) is 7.58. The predicted octanol–water partition coefficient (Wildman–Crippen LogP) is 2.16. The highest BCUT2D eigenvalue weighted by molar-refractivity contribution is 5.70. The number of rotatable bonds is 3. The van der Waals surface area contributed by atoms with Crippen molar-refractivity contribution >= 4 is 5.97 Å². The van der Waals surface area contributed by atoms with E-state index in [2.05, 4.69) is 0 Å². The molecule has 4 nitrogen and oxygen atoms in total. The molecule has 6 bridgehead atoms. The Balaban J connectivity index is 1.47. The Morgan fingerprint density at radius 3 is 2.52 bits per heavy atom. The molecule has 0 N–H and O–H groups in total. The van der Waals surface area contributed by atoms with Gasteiger partial charge in [-0.2, -0.15) is 0 Å². The Bertz CT molecular complexity index is 464. The molecular weight excluding hydrogens is 268 g/mol. The van der Waals surface area contributed by atoms with E-state index in [-0.39, 0.29) is 12.1 Å². The van der Waals surface area contributed by atoms with Crippen LogP contribution in [0.25, 0.3) is 0 Å². The Kier molecular flexibility index (Phi) is 2.73. The van der Waals surface area contributed by atoms with Crippen LogP contribution in [0.15, 0.2) is 0 Å². The Labute approximate surface area is 125 Å². The zero-order valence-corrected chi connectivity index (χ0v) is 12.6. The van der Waals surface area contributed by atoms with Gasteiger partial charge in [0.25, 0.3) is 0 Å². The highest BCUT2D eigenvalue weighted by atomic mass is 16.5. The average molecular weight is 292 g/mol. The smallest absolute Gasteiger partial charge is 0.308 e. The van der Waals surface area contributed by atoms with Gasteiger partial charge in [-0.15, -0.1) is 0 Å². The first-order valence-electron chi connectivity index (χ1n) is 8.74. The molecule has 0 amide bonds. The van der Waals surface area contributed by atoms with Crippen LogP contribution in [0.3, 0.4) is 0 Å². The maximum absolute atomic E-state index is 11.9. The van der Waals surface area contributed by atoms with Crippen molar-refractivity contribution in [2.75, 3.05) is 6.61 Å². The summed E-state index contributed by atoms with van der Waals surface area (Å²) in [6.07, 6.45) is 6.59. The molecule has 116 valence electrons. The summed E-state index contributed by atoms with van der Waals surface area (Å²) in [5, 5.41) is 0. The standard InChI is InChI=1S/C17H24O4/c1-2-19-13(18)7-12-16-8-3-4-9-15-11(21-17(9)16)6-5-10(20-12)14(8)15/h8-12,14-17H,2-7H2,1H3/t8?,9?,10-,11+,12-,14?,15?,16?,17?/m1/s1. The van der Waals surface area contributed by atoms with Gasteiger partial charge in [-0.25, -0.2) is 0 Å². The lowest BCUT2D eigenvalue weighted by atomic mass is 9.48. The fourth-order valence-electron chi connectivity index (χ4n) is 6.54. The molecule has 4 heteroatoms. The normalized spacial score (nSPS) is 55.8. The van der Waals surface area contributed by atoms with E-state index in [4.69, 9.17) is 14.2 Å². The van der Waals surface area contributed by atoms with Crippen molar-refractivity contribution in [2.45, 2.75) is 63.4 Å². The van der Waals surface area contributed by atoms with Crippen LogP contribution in [0.5, 0.6) is 0 Å². The third-order valence-electron chi connectivity index (χ3n) is 6.94.